The lowest BCUT2D eigenvalue weighted by Gasteiger charge is -2.14. The second-order valence-electron chi connectivity index (χ2n) is 4.30. The zero-order valence-corrected chi connectivity index (χ0v) is 9.42. The van der Waals surface area contributed by atoms with Crippen LogP contribution in [0.4, 0.5) is 0 Å². The molecule has 0 aliphatic heterocycles. The molecule has 1 nitrogen and oxygen atoms in total. The van der Waals surface area contributed by atoms with Crippen LogP contribution in [0.5, 0.6) is 0 Å². The van der Waals surface area contributed by atoms with Crippen molar-refractivity contribution in [1.82, 2.24) is 5.32 Å². The van der Waals surface area contributed by atoms with Crippen LogP contribution in [0, 0.1) is 0 Å². The molecule has 1 N–H and O–H groups in total. The van der Waals surface area contributed by atoms with Crippen LogP contribution >= 0.6 is 0 Å². The number of aryl methyl sites for hydroxylation is 2. The molecular formula is C14H19N. The molecular weight excluding hydrogens is 182 g/mol. The van der Waals surface area contributed by atoms with E-state index in [1.165, 1.54) is 24.8 Å². The van der Waals surface area contributed by atoms with Crippen molar-refractivity contribution in [2.24, 2.45) is 0 Å². The van der Waals surface area contributed by atoms with Crippen LogP contribution < -0.4 is 5.32 Å². The first-order chi connectivity index (χ1) is 7.31. The van der Waals surface area contributed by atoms with Crippen LogP contribution in [0.25, 0.3) is 0 Å². The minimum absolute atomic E-state index is 0.425. The average molecular weight is 201 g/mol. The SMILES string of the molecule is C=CCNC(C)c1ccc2c(c1)CCC2. The molecule has 1 atom stereocenters. The van der Waals surface area contributed by atoms with Gasteiger partial charge in [0.1, 0.15) is 0 Å². The number of benzene rings is 1. The molecule has 15 heavy (non-hydrogen) atoms. The van der Waals surface area contributed by atoms with E-state index in [0.29, 0.717) is 6.04 Å². The molecule has 0 saturated heterocycles. The zero-order chi connectivity index (χ0) is 10.7. The van der Waals surface area contributed by atoms with E-state index >= 15 is 0 Å². The third-order valence-electron chi connectivity index (χ3n) is 3.19. The first kappa shape index (κ1) is 10.4. The van der Waals surface area contributed by atoms with Gasteiger partial charge >= 0.3 is 0 Å². The third kappa shape index (κ3) is 2.29. The van der Waals surface area contributed by atoms with Gasteiger partial charge in [-0.05, 0) is 42.9 Å². The normalized spacial score (nSPS) is 16.1. The summed E-state index contributed by atoms with van der Waals surface area (Å²) in [6.45, 7) is 6.80. The fourth-order valence-corrected chi connectivity index (χ4v) is 2.24. The molecule has 1 aliphatic rings. The van der Waals surface area contributed by atoms with Crippen molar-refractivity contribution in [3.63, 3.8) is 0 Å². The molecule has 1 aliphatic carbocycles. The average Bonchev–Trinajstić information content (AvgIpc) is 2.72. The van der Waals surface area contributed by atoms with Gasteiger partial charge in [0.15, 0.2) is 0 Å². The Morgan fingerprint density at radius 2 is 2.20 bits per heavy atom. The van der Waals surface area contributed by atoms with Crippen molar-refractivity contribution < 1.29 is 0 Å². The highest BCUT2D eigenvalue weighted by Crippen LogP contribution is 2.25. The molecule has 1 aromatic carbocycles. The van der Waals surface area contributed by atoms with Gasteiger partial charge in [0, 0.05) is 12.6 Å². The minimum atomic E-state index is 0.425. The van der Waals surface area contributed by atoms with Gasteiger partial charge in [0.2, 0.25) is 0 Å². The standard InChI is InChI=1S/C14H19N/c1-3-9-15-11(2)13-8-7-12-5-4-6-14(12)10-13/h3,7-8,10-11,15H,1,4-6,9H2,2H3. The van der Waals surface area contributed by atoms with E-state index in [0.717, 1.165) is 6.54 Å². The maximum Gasteiger partial charge on any atom is 0.0294 e. The monoisotopic (exact) mass is 201 g/mol. The summed E-state index contributed by atoms with van der Waals surface area (Å²) in [5, 5.41) is 3.42. The van der Waals surface area contributed by atoms with Crippen LogP contribution in [0.2, 0.25) is 0 Å². The summed E-state index contributed by atoms with van der Waals surface area (Å²) in [6.07, 6.45) is 5.76. The smallest absolute Gasteiger partial charge is 0.0294 e. The van der Waals surface area contributed by atoms with Crippen molar-refractivity contribution in [3.8, 4) is 0 Å². The molecule has 0 amide bonds. The topological polar surface area (TPSA) is 12.0 Å². The first-order valence-electron chi connectivity index (χ1n) is 5.77. The summed E-state index contributed by atoms with van der Waals surface area (Å²) >= 11 is 0. The fraction of sp³-hybridized carbons (Fsp3) is 0.429. The molecule has 0 bridgehead atoms. The number of nitrogens with one attached hydrogen (secondary N) is 1. The summed E-state index contributed by atoms with van der Waals surface area (Å²) in [5.41, 5.74) is 4.51. The van der Waals surface area contributed by atoms with Gasteiger partial charge in [-0.15, -0.1) is 6.58 Å². The fourth-order valence-electron chi connectivity index (χ4n) is 2.24. The number of rotatable bonds is 4. The second-order valence-corrected chi connectivity index (χ2v) is 4.30. The highest BCUT2D eigenvalue weighted by atomic mass is 14.9. The lowest BCUT2D eigenvalue weighted by molar-refractivity contribution is 0.617. The molecule has 2 rings (SSSR count). The van der Waals surface area contributed by atoms with Gasteiger partial charge in [0.25, 0.3) is 0 Å². The highest BCUT2D eigenvalue weighted by molar-refractivity contribution is 5.36. The summed E-state index contributed by atoms with van der Waals surface area (Å²) in [7, 11) is 0. The second kappa shape index (κ2) is 4.63. The Morgan fingerprint density at radius 3 is 3.00 bits per heavy atom. The summed E-state index contributed by atoms with van der Waals surface area (Å²) in [4.78, 5) is 0. The maximum absolute atomic E-state index is 3.72. The van der Waals surface area contributed by atoms with Crippen molar-refractivity contribution in [2.45, 2.75) is 32.2 Å². The molecule has 0 aromatic heterocycles. The van der Waals surface area contributed by atoms with Crippen LogP contribution in [0.15, 0.2) is 30.9 Å². The van der Waals surface area contributed by atoms with E-state index in [2.05, 4.69) is 37.0 Å². The van der Waals surface area contributed by atoms with E-state index in [9.17, 15) is 0 Å². The van der Waals surface area contributed by atoms with Crippen molar-refractivity contribution in [1.29, 1.82) is 0 Å². The summed E-state index contributed by atoms with van der Waals surface area (Å²) < 4.78 is 0. The Hall–Kier alpha value is -1.08. The molecule has 0 saturated carbocycles. The quantitative estimate of drug-likeness (QED) is 0.738. The summed E-state index contributed by atoms with van der Waals surface area (Å²) in [6, 6.07) is 7.34. The van der Waals surface area contributed by atoms with Crippen LogP contribution in [0.3, 0.4) is 0 Å². The first-order valence-corrected chi connectivity index (χ1v) is 5.77. The van der Waals surface area contributed by atoms with Crippen molar-refractivity contribution in [3.05, 3.63) is 47.5 Å². The van der Waals surface area contributed by atoms with Crippen LogP contribution in [0.1, 0.15) is 36.1 Å². The Kier molecular flexibility index (Phi) is 3.22. The molecule has 0 fully saturated rings. The third-order valence-corrected chi connectivity index (χ3v) is 3.19. The van der Waals surface area contributed by atoms with Gasteiger partial charge < -0.3 is 5.32 Å². The number of hydrogen-bond donors (Lipinski definition) is 1. The Morgan fingerprint density at radius 1 is 1.40 bits per heavy atom. The van der Waals surface area contributed by atoms with Gasteiger partial charge in [-0.2, -0.15) is 0 Å². The maximum atomic E-state index is 3.72. The molecule has 0 radical (unpaired) electrons. The highest BCUT2D eigenvalue weighted by Gasteiger charge is 2.12. The van der Waals surface area contributed by atoms with E-state index < -0.39 is 0 Å². The van der Waals surface area contributed by atoms with Crippen LogP contribution in [-0.2, 0) is 12.8 Å². The van der Waals surface area contributed by atoms with Gasteiger partial charge in [-0.25, -0.2) is 0 Å². The molecule has 0 spiro atoms. The van der Waals surface area contributed by atoms with E-state index in [4.69, 9.17) is 0 Å². The minimum Gasteiger partial charge on any atom is -0.307 e. The molecule has 80 valence electrons. The predicted molar refractivity (Wildman–Crippen MR) is 65.1 cm³/mol. The molecule has 1 unspecified atom stereocenters. The van der Waals surface area contributed by atoms with Crippen LogP contribution in [-0.4, -0.2) is 6.54 Å². The van der Waals surface area contributed by atoms with E-state index in [1.807, 2.05) is 6.08 Å². The Bertz CT molecular complexity index is 354. The predicted octanol–water partition coefficient (Wildman–Crippen LogP) is 3.01. The van der Waals surface area contributed by atoms with Crippen molar-refractivity contribution in [2.75, 3.05) is 6.54 Å². The van der Waals surface area contributed by atoms with E-state index in [1.54, 1.807) is 11.1 Å². The molecule has 1 heteroatoms. The number of fused-ring (bicyclic) bond motifs is 1. The Balaban J connectivity index is 2.11. The van der Waals surface area contributed by atoms with Gasteiger partial charge in [-0.3, -0.25) is 0 Å². The molecule has 1 aromatic rings. The number of hydrogen-bond acceptors (Lipinski definition) is 1. The van der Waals surface area contributed by atoms with Gasteiger partial charge in [0.05, 0.1) is 0 Å². The lowest BCUT2D eigenvalue weighted by Crippen LogP contribution is -2.18. The van der Waals surface area contributed by atoms with Gasteiger partial charge in [-0.1, -0.05) is 24.3 Å². The lowest BCUT2D eigenvalue weighted by atomic mass is 10.0. The zero-order valence-electron chi connectivity index (χ0n) is 9.42. The van der Waals surface area contributed by atoms with E-state index in [-0.39, 0.29) is 0 Å². The summed E-state index contributed by atoms with van der Waals surface area (Å²) in [5.74, 6) is 0. The molecule has 0 heterocycles. The largest absolute Gasteiger partial charge is 0.307 e. The Labute approximate surface area is 92.2 Å². The van der Waals surface area contributed by atoms with Crippen molar-refractivity contribution >= 4 is 0 Å².